The highest BCUT2D eigenvalue weighted by Crippen LogP contribution is 1.93. The molecule has 4 heteroatoms. The van der Waals surface area contributed by atoms with Gasteiger partial charge in [-0.3, -0.25) is 9.19 Å². The van der Waals surface area contributed by atoms with Crippen molar-refractivity contribution in [3.63, 3.8) is 0 Å². The van der Waals surface area contributed by atoms with Crippen molar-refractivity contribution < 1.29 is 4.21 Å². The maximum atomic E-state index is 10.7. The van der Waals surface area contributed by atoms with Crippen molar-refractivity contribution in [3.8, 4) is 0 Å². The molecule has 0 bridgehead atoms. The van der Waals surface area contributed by atoms with Gasteiger partial charge in [0.1, 0.15) is 5.03 Å². The molecule has 0 fully saturated rings. The first-order valence-corrected chi connectivity index (χ1v) is 4.96. The maximum Gasteiger partial charge on any atom is 0.145 e. The third-order valence-electron chi connectivity index (χ3n) is 0.834. The second-order valence-electron chi connectivity index (χ2n) is 1.50. The fourth-order valence-electron chi connectivity index (χ4n) is 0.434. The zero-order chi connectivity index (χ0) is 8.69. The van der Waals surface area contributed by atoms with Crippen molar-refractivity contribution >= 4 is 10.8 Å². The SMILES string of the molecule is CC.CS(=O)c1cnccn1. The van der Waals surface area contributed by atoms with Crippen LogP contribution in [0.25, 0.3) is 0 Å². The van der Waals surface area contributed by atoms with E-state index in [0.29, 0.717) is 5.03 Å². The van der Waals surface area contributed by atoms with Crippen molar-refractivity contribution in [2.24, 2.45) is 0 Å². The van der Waals surface area contributed by atoms with Crippen molar-refractivity contribution in [1.82, 2.24) is 9.97 Å². The van der Waals surface area contributed by atoms with E-state index in [0.717, 1.165) is 0 Å². The Kier molecular flexibility index (Phi) is 5.56. The van der Waals surface area contributed by atoms with Gasteiger partial charge in [-0.2, -0.15) is 0 Å². The number of aromatic nitrogens is 2. The Morgan fingerprint density at radius 2 is 2.00 bits per heavy atom. The Morgan fingerprint density at radius 3 is 2.27 bits per heavy atom. The first-order valence-electron chi connectivity index (χ1n) is 3.40. The van der Waals surface area contributed by atoms with Crippen LogP contribution in [0.2, 0.25) is 0 Å². The summed E-state index contributed by atoms with van der Waals surface area (Å²) in [6.45, 7) is 4.00. The quantitative estimate of drug-likeness (QED) is 0.640. The van der Waals surface area contributed by atoms with Crippen LogP contribution >= 0.6 is 0 Å². The van der Waals surface area contributed by atoms with Crippen LogP contribution < -0.4 is 0 Å². The third-order valence-corrected chi connectivity index (χ3v) is 1.63. The zero-order valence-corrected chi connectivity index (χ0v) is 7.76. The van der Waals surface area contributed by atoms with E-state index in [2.05, 4.69) is 9.97 Å². The monoisotopic (exact) mass is 172 g/mol. The standard InChI is InChI=1S/C5H6N2OS.C2H6/c1-9(8)5-4-6-2-3-7-5;1-2/h2-4H,1H3;1-2H3. The Morgan fingerprint density at radius 1 is 1.36 bits per heavy atom. The van der Waals surface area contributed by atoms with Crippen LogP contribution in [0.3, 0.4) is 0 Å². The van der Waals surface area contributed by atoms with Crippen molar-refractivity contribution in [3.05, 3.63) is 18.6 Å². The summed E-state index contributed by atoms with van der Waals surface area (Å²) in [5.41, 5.74) is 0. The molecule has 0 aliphatic carbocycles. The molecule has 0 radical (unpaired) electrons. The van der Waals surface area contributed by atoms with E-state index in [9.17, 15) is 4.21 Å². The second kappa shape index (κ2) is 5.97. The summed E-state index contributed by atoms with van der Waals surface area (Å²) in [5, 5.41) is 0.525. The number of nitrogens with zero attached hydrogens (tertiary/aromatic N) is 2. The molecule has 11 heavy (non-hydrogen) atoms. The van der Waals surface area contributed by atoms with Gasteiger partial charge in [-0.15, -0.1) is 0 Å². The van der Waals surface area contributed by atoms with Crippen LogP contribution in [0.1, 0.15) is 13.8 Å². The lowest BCUT2D eigenvalue weighted by atomic mass is 10.8. The minimum absolute atomic E-state index is 0.525. The van der Waals surface area contributed by atoms with Gasteiger partial charge in [0, 0.05) is 18.6 Å². The minimum Gasteiger partial charge on any atom is -0.260 e. The molecule has 1 heterocycles. The fourth-order valence-corrected chi connectivity index (χ4v) is 0.852. The van der Waals surface area contributed by atoms with Gasteiger partial charge in [0.2, 0.25) is 0 Å². The van der Waals surface area contributed by atoms with E-state index in [1.165, 1.54) is 12.4 Å². The maximum absolute atomic E-state index is 10.7. The number of hydrogen-bond acceptors (Lipinski definition) is 3. The van der Waals surface area contributed by atoms with E-state index in [4.69, 9.17) is 0 Å². The minimum atomic E-state index is -1.00. The Balaban J connectivity index is 0.000000461. The van der Waals surface area contributed by atoms with Crippen LogP contribution in [0.5, 0.6) is 0 Å². The van der Waals surface area contributed by atoms with Gasteiger partial charge in [0.05, 0.1) is 17.0 Å². The molecular formula is C7H12N2OS. The van der Waals surface area contributed by atoms with E-state index in [-0.39, 0.29) is 0 Å². The molecular weight excluding hydrogens is 160 g/mol. The molecule has 62 valence electrons. The molecule has 0 saturated carbocycles. The predicted molar refractivity (Wildman–Crippen MR) is 45.7 cm³/mol. The number of rotatable bonds is 1. The normalized spacial score (nSPS) is 11.2. The lowest BCUT2D eigenvalue weighted by molar-refractivity contribution is 0.683. The molecule has 1 rings (SSSR count). The van der Waals surface area contributed by atoms with Crippen molar-refractivity contribution in [1.29, 1.82) is 0 Å². The topological polar surface area (TPSA) is 42.9 Å². The summed E-state index contributed by atoms with van der Waals surface area (Å²) in [6, 6.07) is 0. The fraction of sp³-hybridized carbons (Fsp3) is 0.429. The Bertz CT molecular complexity index is 213. The first-order chi connectivity index (χ1) is 5.30. The summed E-state index contributed by atoms with van der Waals surface area (Å²) < 4.78 is 10.7. The largest absolute Gasteiger partial charge is 0.260 e. The summed E-state index contributed by atoms with van der Waals surface area (Å²) in [7, 11) is -1.00. The summed E-state index contributed by atoms with van der Waals surface area (Å²) >= 11 is 0. The van der Waals surface area contributed by atoms with Crippen molar-refractivity contribution in [2.45, 2.75) is 18.9 Å². The Hall–Kier alpha value is -0.770. The average Bonchev–Trinajstić information content (AvgIpc) is 2.10. The van der Waals surface area contributed by atoms with Crippen molar-refractivity contribution in [2.75, 3.05) is 6.26 Å². The molecule has 3 nitrogen and oxygen atoms in total. The highest BCUT2D eigenvalue weighted by Gasteiger charge is 1.93. The predicted octanol–water partition coefficient (Wildman–Crippen LogP) is 1.24. The summed E-state index contributed by atoms with van der Waals surface area (Å²) in [4.78, 5) is 7.57. The molecule has 0 aliphatic heterocycles. The van der Waals surface area contributed by atoms with Crippen LogP contribution in [0.4, 0.5) is 0 Å². The van der Waals surface area contributed by atoms with Gasteiger partial charge in [-0.25, -0.2) is 4.98 Å². The molecule has 1 aromatic rings. The average molecular weight is 172 g/mol. The van der Waals surface area contributed by atoms with Gasteiger partial charge in [-0.05, 0) is 0 Å². The summed E-state index contributed by atoms with van der Waals surface area (Å²) in [6.07, 6.45) is 6.15. The highest BCUT2D eigenvalue weighted by atomic mass is 32.2. The number of hydrogen-bond donors (Lipinski definition) is 0. The molecule has 0 saturated heterocycles. The van der Waals surface area contributed by atoms with Crippen LogP contribution in [-0.2, 0) is 10.8 Å². The lowest BCUT2D eigenvalue weighted by Crippen LogP contribution is -1.90. The van der Waals surface area contributed by atoms with E-state index >= 15 is 0 Å². The summed E-state index contributed by atoms with van der Waals surface area (Å²) in [5.74, 6) is 0. The van der Waals surface area contributed by atoms with E-state index in [1.54, 1.807) is 12.5 Å². The smallest absolute Gasteiger partial charge is 0.145 e. The molecule has 0 aromatic carbocycles. The molecule has 0 amide bonds. The van der Waals surface area contributed by atoms with Gasteiger partial charge in [0.25, 0.3) is 0 Å². The van der Waals surface area contributed by atoms with Crippen LogP contribution in [0.15, 0.2) is 23.6 Å². The van der Waals surface area contributed by atoms with Crippen LogP contribution in [-0.4, -0.2) is 20.4 Å². The van der Waals surface area contributed by atoms with Gasteiger partial charge >= 0.3 is 0 Å². The zero-order valence-electron chi connectivity index (χ0n) is 6.94. The molecule has 0 spiro atoms. The van der Waals surface area contributed by atoms with E-state index in [1.807, 2.05) is 13.8 Å². The molecule has 1 unspecified atom stereocenters. The molecule has 1 atom stereocenters. The van der Waals surface area contributed by atoms with Crippen LogP contribution in [0, 0.1) is 0 Å². The van der Waals surface area contributed by atoms with Gasteiger partial charge in [0.15, 0.2) is 0 Å². The molecule has 1 aromatic heterocycles. The third kappa shape index (κ3) is 3.83. The lowest BCUT2D eigenvalue weighted by Gasteiger charge is -1.88. The first kappa shape index (κ1) is 10.2. The second-order valence-corrected chi connectivity index (χ2v) is 2.82. The van der Waals surface area contributed by atoms with E-state index < -0.39 is 10.8 Å². The Labute approximate surface area is 69.3 Å². The highest BCUT2D eigenvalue weighted by molar-refractivity contribution is 7.84. The van der Waals surface area contributed by atoms with Gasteiger partial charge < -0.3 is 0 Å². The van der Waals surface area contributed by atoms with Gasteiger partial charge in [-0.1, -0.05) is 13.8 Å². The molecule has 0 aliphatic rings. The molecule has 0 N–H and O–H groups in total.